The minimum Gasteiger partial charge on any atom is -0.495 e. The molecule has 2 aromatic rings. The van der Waals surface area contributed by atoms with Gasteiger partial charge in [0.2, 0.25) is 0 Å². The normalized spacial score (nSPS) is 10.7. The zero-order chi connectivity index (χ0) is 17.5. The number of benzene rings is 2. The standard InChI is InChI=1S/C16H13ClI2N2O3/c1-23-16-10(6-12(18)7-14(16)19)8-20-21-15(22)9-24-13-4-2-11(17)3-5-13/h2-8H,9H2,1H3,(H,21,22). The average molecular weight is 571 g/mol. The van der Waals surface area contributed by atoms with Crippen LogP contribution >= 0.6 is 56.8 Å². The molecule has 0 fully saturated rings. The molecular formula is C16H13ClI2N2O3. The largest absolute Gasteiger partial charge is 0.495 e. The highest BCUT2D eigenvalue weighted by atomic mass is 127. The summed E-state index contributed by atoms with van der Waals surface area (Å²) in [5.41, 5.74) is 3.21. The molecule has 24 heavy (non-hydrogen) atoms. The molecular weight excluding hydrogens is 557 g/mol. The van der Waals surface area contributed by atoms with Crippen LogP contribution in [0.1, 0.15) is 5.56 Å². The lowest BCUT2D eigenvalue weighted by Crippen LogP contribution is -2.24. The van der Waals surface area contributed by atoms with Gasteiger partial charge in [0.25, 0.3) is 5.91 Å². The van der Waals surface area contributed by atoms with E-state index in [0.717, 1.165) is 12.7 Å². The summed E-state index contributed by atoms with van der Waals surface area (Å²) in [6, 6.07) is 10.7. The second kappa shape index (κ2) is 9.42. The Hall–Kier alpha value is -1.07. The van der Waals surface area contributed by atoms with Crippen LogP contribution in [0.25, 0.3) is 0 Å². The minimum absolute atomic E-state index is 0.139. The zero-order valence-electron chi connectivity index (χ0n) is 12.6. The second-order valence-electron chi connectivity index (χ2n) is 4.55. The SMILES string of the molecule is COc1c(I)cc(I)cc1C=NNC(=O)COc1ccc(Cl)cc1. The molecule has 0 unspecified atom stereocenters. The Balaban J connectivity index is 1.91. The molecule has 5 nitrogen and oxygen atoms in total. The van der Waals surface area contributed by atoms with Crippen LogP contribution < -0.4 is 14.9 Å². The van der Waals surface area contributed by atoms with Gasteiger partial charge in [0.15, 0.2) is 6.61 Å². The van der Waals surface area contributed by atoms with Crippen molar-refractivity contribution in [3.63, 3.8) is 0 Å². The van der Waals surface area contributed by atoms with E-state index in [0.29, 0.717) is 16.5 Å². The smallest absolute Gasteiger partial charge is 0.277 e. The first-order valence-corrected chi connectivity index (χ1v) is 9.26. The number of hydrazone groups is 1. The van der Waals surface area contributed by atoms with Gasteiger partial charge in [-0.3, -0.25) is 4.79 Å². The van der Waals surface area contributed by atoms with Crippen LogP contribution in [0.2, 0.25) is 5.02 Å². The van der Waals surface area contributed by atoms with E-state index in [-0.39, 0.29) is 12.5 Å². The first-order chi connectivity index (χ1) is 11.5. The van der Waals surface area contributed by atoms with Gasteiger partial charge >= 0.3 is 0 Å². The van der Waals surface area contributed by atoms with Gasteiger partial charge in [-0.2, -0.15) is 5.10 Å². The van der Waals surface area contributed by atoms with E-state index in [1.807, 2.05) is 12.1 Å². The molecule has 1 amide bonds. The van der Waals surface area contributed by atoms with Crippen molar-refractivity contribution < 1.29 is 14.3 Å². The molecule has 2 aromatic carbocycles. The van der Waals surface area contributed by atoms with Gasteiger partial charge in [-0.1, -0.05) is 11.6 Å². The molecule has 0 aliphatic heterocycles. The number of carbonyl (C=O) groups excluding carboxylic acids is 1. The molecule has 0 aliphatic rings. The fraction of sp³-hybridized carbons (Fsp3) is 0.125. The van der Waals surface area contributed by atoms with E-state index in [1.54, 1.807) is 37.6 Å². The average Bonchev–Trinajstić information content (AvgIpc) is 2.54. The van der Waals surface area contributed by atoms with Crippen LogP contribution in [0.15, 0.2) is 41.5 Å². The summed E-state index contributed by atoms with van der Waals surface area (Å²) in [5.74, 6) is 0.916. The molecule has 0 heterocycles. The van der Waals surface area contributed by atoms with E-state index < -0.39 is 0 Å². The fourth-order valence-electron chi connectivity index (χ4n) is 1.78. The van der Waals surface area contributed by atoms with Gasteiger partial charge in [0.05, 0.1) is 16.9 Å². The lowest BCUT2D eigenvalue weighted by Gasteiger charge is -2.08. The van der Waals surface area contributed by atoms with E-state index in [2.05, 4.69) is 55.7 Å². The highest BCUT2D eigenvalue weighted by Gasteiger charge is 2.08. The molecule has 0 saturated carbocycles. The number of nitrogens with zero attached hydrogens (tertiary/aromatic N) is 1. The molecule has 1 N–H and O–H groups in total. The number of hydrogen-bond acceptors (Lipinski definition) is 4. The van der Waals surface area contributed by atoms with Crippen LogP contribution in [0.5, 0.6) is 11.5 Å². The van der Waals surface area contributed by atoms with Gasteiger partial charge in [-0.25, -0.2) is 5.43 Å². The summed E-state index contributed by atoms with van der Waals surface area (Å²) in [6.07, 6.45) is 1.54. The van der Waals surface area contributed by atoms with Crippen molar-refractivity contribution in [1.82, 2.24) is 5.43 Å². The minimum atomic E-state index is -0.361. The quantitative estimate of drug-likeness (QED) is 0.324. The monoisotopic (exact) mass is 570 g/mol. The Morgan fingerprint density at radius 2 is 2.00 bits per heavy atom. The summed E-state index contributed by atoms with van der Waals surface area (Å²) in [5, 5.41) is 4.56. The summed E-state index contributed by atoms with van der Waals surface area (Å²) in [6.45, 7) is -0.139. The van der Waals surface area contributed by atoms with Crippen LogP contribution in [0, 0.1) is 7.14 Å². The number of rotatable bonds is 6. The summed E-state index contributed by atoms with van der Waals surface area (Å²) in [4.78, 5) is 11.8. The van der Waals surface area contributed by atoms with Crippen LogP contribution in [0.3, 0.4) is 0 Å². The molecule has 126 valence electrons. The highest BCUT2D eigenvalue weighted by Crippen LogP contribution is 2.26. The third kappa shape index (κ3) is 5.78. The molecule has 0 bridgehead atoms. The summed E-state index contributed by atoms with van der Waals surface area (Å²) < 4.78 is 12.7. The Kier molecular flexibility index (Phi) is 7.56. The molecule has 0 aliphatic carbocycles. The maximum atomic E-state index is 11.8. The molecule has 0 spiro atoms. The van der Waals surface area contributed by atoms with Crippen molar-refractivity contribution >= 4 is 68.9 Å². The molecule has 0 radical (unpaired) electrons. The molecule has 2 rings (SSSR count). The van der Waals surface area contributed by atoms with Gasteiger partial charge in [-0.05, 0) is 81.6 Å². The molecule has 8 heteroatoms. The van der Waals surface area contributed by atoms with E-state index in [9.17, 15) is 4.79 Å². The Morgan fingerprint density at radius 3 is 2.67 bits per heavy atom. The number of hydrogen-bond donors (Lipinski definition) is 1. The van der Waals surface area contributed by atoms with Crippen molar-refractivity contribution in [3.05, 3.63) is 54.1 Å². The third-order valence-electron chi connectivity index (χ3n) is 2.82. The van der Waals surface area contributed by atoms with Crippen molar-refractivity contribution in [1.29, 1.82) is 0 Å². The second-order valence-corrected chi connectivity index (χ2v) is 7.39. The zero-order valence-corrected chi connectivity index (χ0v) is 17.6. The fourth-order valence-corrected chi connectivity index (χ4v) is 4.01. The molecule has 0 atom stereocenters. The predicted octanol–water partition coefficient (Wildman–Crippen LogP) is 4.09. The number of ether oxygens (including phenoxy) is 2. The predicted molar refractivity (Wildman–Crippen MR) is 111 cm³/mol. The highest BCUT2D eigenvalue weighted by molar-refractivity contribution is 14.1. The number of halogens is 3. The van der Waals surface area contributed by atoms with Gasteiger partial charge in [0, 0.05) is 14.2 Å². The number of carbonyl (C=O) groups is 1. The van der Waals surface area contributed by atoms with E-state index in [4.69, 9.17) is 21.1 Å². The van der Waals surface area contributed by atoms with Crippen molar-refractivity contribution in [2.45, 2.75) is 0 Å². The Labute approximate surface area is 172 Å². The summed E-state index contributed by atoms with van der Waals surface area (Å²) in [7, 11) is 1.60. The topological polar surface area (TPSA) is 59.9 Å². The Morgan fingerprint density at radius 1 is 1.29 bits per heavy atom. The third-order valence-corrected chi connectivity index (χ3v) is 4.49. The van der Waals surface area contributed by atoms with Crippen LogP contribution in [-0.4, -0.2) is 25.8 Å². The van der Waals surface area contributed by atoms with Crippen LogP contribution in [-0.2, 0) is 4.79 Å². The first kappa shape index (κ1) is 19.3. The maximum Gasteiger partial charge on any atom is 0.277 e. The van der Waals surface area contributed by atoms with Crippen molar-refractivity contribution in [2.24, 2.45) is 5.10 Å². The van der Waals surface area contributed by atoms with Gasteiger partial charge in [-0.15, -0.1) is 0 Å². The number of nitrogens with one attached hydrogen (secondary N) is 1. The van der Waals surface area contributed by atoms with E-state index >= 15 is 0 Å². The molecule has 0 aromatic heterocycles. The van der Waals surface area contributed by atoms with Crippen molar-refractivity contribution in [2.75, 3.05) is 13.7 Å². The molecule has 0 saturated heterocycles. The van der Waals surface area contributed by atoms with Crippen LogP contribution in [0.4, 0.5) is 0 Å². The van der Waals surface area contributed by atoms with Gasteiger partial charge < -0.3 is 9.47 Å². The van der Waals surface area contributed by atoms with Gasteiger partial charge in [0.1, 0.15) is 11.5 Å². The lowest BCUT2D eigenvalue weighted by molar-refractivity contribution is -0.123. The lowest BCUT2D eigenvalue weighted by atomic mass is 10.2. The van der Waals surface area contributed by atoms with E-state index in [1.165, 1.54) is 0 Å². The summed E-state index contributed by atoms with van der Waals surface area (Å²) >= 11 is 10.2. The Bertz CT molecular complexity index is 752. The number of methoxy groups -OCH3 is 1. The first-order valence-electron chi connectivity index (χ1n) is 6.73. The van der Waals surface area contributed by atoms with Crippen molar-refractivity contribution in [3.8, 4) is 11.5 Å². The number of amides is 1. The maximum absolute atomic E-state index is 11.8.